The fourth-order valence-electron chi connectivity index (χ4n) is 4.12. The lowest BCUT2D eigenvalue weighted by molar-refractivity contribution is -0.389. The van der Waals surface area contributed by atoms with Crippen molar-refractivity contribution in [1.82, 2.24) is 24.4 Å². The predicted molar refractivity (Wildman–Crippen MR) is 104 cm³/mol. The molecule has 0 fully saturated rings. The zero-order valence-corrected chi connectivity index (χ0v) is 16.6. The van der Waals surface area contributed by atoms with Crippen molar-refractivity contribution in [2.45, 2.75) is 32.0 Å². The van der Waals surface area contributed by atoms with Crippen molar-refractivity contribution in [3.05, 3.63) is 63.6 Å². The fraction of sp³-hybridized carbons (Fsp3) is 0.350. The highest BCUT2D eigenvalue weighted by molar-refractivity contribution is 5.55. The topological polar surface area (TPSA) is 99.2 Å². The molecule has 3 aromatic rings. The van der Waals surface area contributed by atoms with Crippen LogP contribution in [0, 0.1) is 21.7 Å². The fourth-order valence-corrected chi connectivity index (χ4v) is 4.12. The molecule has 2 aromatic heterocycles. The second kappa shape index (κ2) is 7.05. The van der Waals surface area contributed by atoms with Gasteiger partial charge in [-0.25, -0.2) is 18.7 Å². The Hall–Kier alpha value is -3.47. The molecule has 2 aliphatic heterocycles. The van der Waals surface area contributed by atoms with E-state index in [0.717, 1.165) is 29.9 Å². The molecule has 1 aromatic carbocycles. The maximum absolute atomic E-state index is 13.5. The molecule has 160 valence electrons. The zero-order valence-electron chi connectivity index (χ0n) is 16.6. The third-order valence-electron chi connectivity index (χ3n) is 5.51. The van der Waals surface area contributed by atoms with Crippen LogP contribution in [0.15, 0.2) is 30.6 Å². The summed E-state index contributed by atoms with van der Waals surface area (Å²) in [5.74, 6) is -1.70. The smallest absolute Gasteiger partial charge is 0.415 e. The van der Waals surface area contributed by atoms with Crippen LogP contribution in [0.4, 0.5) is 14.6 Å². The summed E-state index contributed by atoms with van der Waals surface area (Å²) in [6, 6.07) is 3.88. The highest BCUT2D eigenvalue weighted by Gasteiger charge is 2.41. The average molecular weight is 428 g/mol. The molecular weight excluding hydrogens is 410 g/mol. The van der Waals surface area contributed by atoms with Crippen molar-refractivity contribution >= 4 is 5.82 Å². The molecular formula is C20H18F2N6O3. The summed E-state index contributed by atoms with van der Waals surface area (Å²) < 4.78 is 34.3. The Morgan fingerprint density at radius 3 is 2.87 bits per heavy atom. The molecule has 1 unspecified atom stereocenters. The van der Waals surface area contributed by atoms with Gasteiger partial charge in [-0.3, -0.25) is 9.47 Å². The highest BCUT2D eigenvalue weighted by Crippen LogP contribution is 2.32. The van der Waals surface area contributed by atoms with Gasteiger partial charge in [-0.05, 0) is 30.0 Å². The van der Waals surface area contributed by atoms with E-state index in [0.29, 0.717) is 37.4 Å². The first-order valence-corrected chi connectivity index (χ1v) is 9.73. The molecule has 2 aliphatic rings. The van der Waals surface area contributed by atoms with Crippen LogP contribution in [0.25, 0.3) is 11.4 Å². The second-order valence-electron chi connectivity index (χ2n) is 8.07. The van der Waals surface area contributed by atoms with Crippen molar-refractivity contribution in [2.75, 3.05) is 13.1 Å². The molecule has 11 heteroatoms. The van der Waals surface area contributed by atoms with E-state index in [1.54, 1.807) is 10.8 Å². The number of rotatable bonds is 4. The van der Waals surface area contributed by atoms with Gasteiger partial charge in [0.15, 0.2) is 17.5 Å². The van der Waals surface area contributed by atoms with Crippen LogP contribution >= 0.6 is 0 Å². The molecule has 0 amide bonds. The summed E-state index contributed by atoms with van der Waals surface area (Å²) in [5.41, 5.74) is 1.72. The number of hydrogen-bond donors (Lipinski definition) is 0. The summed E-state index contributed by atoms with van der Waals surface area (Å²) in [6.45, 7) is 4.38. The lowest BCUT2D eigenvalue weighted by Crippen LogP contribution is -2.46. The van der Waals surface area contributed by atoms with Crippen LogP contribution in [0.3, 0.4) is 0 Å². The van der Waals surface area contributed by atoms with Gasteiger partial charge in [0.1, 0.15) is 11.8 Å². The Kier molecular flexibility index (Phi) is 4.43. The first kappa shape index (κ1) is 19.5. The third kappa shape index (κ3) is 3.61. The highest BCUT2D eigenvalue weighted by atomic mass is 19.2. The quantitative estimate of drug-likeness (QED) is 0.465. The van der Waals surface area contributed by atoms with Crippen LogP contribution in [0.2, 0.25) is 0 Å². The van der Waals surface area contributed by atoms with E-state index in [1.807, 2.05) is 6.92 Å². The molecule has 4 heterocycles. The minimum Gasteiger partial charge on any atom is -0.436 e. The van der Waals surface area contributed by atoms with Crippen LogP contribution in [-0.2, 0) is 19.5 Å². The van der Waals surface area contributed by atoms with Crippen LogP contribution in [-0.4, -0.2) is 48.0 Å². The Balaban J connectivity index is 1.28. The van der Waals surface area contributed by atoms with Gasteiger partial charge < -0.3 is 14.9 Å². The summed E-state index contributed by atoms with van der Waals surface area (Å²) in [7, 11) is 0. The molecule has 31 heavy (non-hydrogen) atoms. The van der Waals surface area contributed by atoms with E-state index >= 15 is 0 Å². The maximum atomic E-state index is 13.5. The standard InChI is InChI=1S/C20H18F2N6O3/c1-20(11-27-9-17(28(29)30)25-19(27)31-20)10-26-5-4-16-13(8-26)7-23-18(24-16)12-2-3-14(21)15(22)6-12/h2-3,6-7,9H,4-5,8,10-11H2,1H3. The van der Waals surface area contributed by atoms with Crippen molar-refractivity contribution in [3.8, 4) is 17.4 Å². The number of hydrogen-bond acceptors (Lipinski definition) is 7. The normalized spacial score (nSPS) is 20.2. The van der Waals surface area contributed by atoms with E-state index in [2.05, 4.69) is 19.9 Å². The number of halogens is 2. The summed E-state index contributed by atoms with van der Waals surface area (Å²) >= 11 is 0. The Morgan fingerprint density at radius 1 is 1.29 bits per heavy atom. The van der Waals surface area contributed by atoms with Gasteiger partial charge in [0.05, 0.1) is 12.2 Å². The first-order chi connectivity index (χ1) is 14.8. The van der Waals surface area contributed by atoms with Gasteiger partial charge in [-0.1, -0.05) is 0 Å². The lowest BCUT2D eigenvalue weighted by atomic mass is 10.0. The number of fused-ring (bicyclic) bond motifs is 2. The molecule has 1 atom stereocenters. The van der Waals surface area contributed by atoms with E-state index in [9.17, 15) is 18.9 Å². The first-order valence-electron chi connectivity index (χ1n) is 9.73. The van der Waals surface area contributed by atoms with E-state index in [4.69, 9.17) is 4.74 Å². The van der Waals surface area contributed by atoms with Gasteiger partial charge in [-0.15, -0.1) is 0 Å². The molecule has 0 saturated carbocycles. The largest absolute Gasteiger partial charge is 0.436 e. The van der Waals surface area contributed by atoms with E-state index in [-0.39, 0.29) is 11.8 Å². The van der Waals surface area contributed by atoms with Crippen molar-refractivity contribution in [2.24, 2.45) is 0 Å². The van der Waals surface area contributed by atoms with Crippen molar-refractivity contribution in [1.29, 1.82) is 0 Å². The number of imidazole rings is 1. The molecule has 0 spiro atoms. The van der Waals surface area contributed by atoms with Gasteiger partial charge in [0.2, 0.25) is 0 Å². The lowest BCUT2D eigenvalue weighted by Gasteiger charge is -2.33. The average Bonchev–Trinajstić information content (AvgIpc) is 3.24. The SMILES string of the molecule is CC1(CN2CCc3nc(-c4ccc(F)c(F)c4)ncc3C2)Cn2cc([N+](=O)[O-])nc2O1. The molecule has 0 aliphatic carbocycles. The van der Waals surface area contributed by atoms with E-state index in [1.165, 1.54) is 12.3 Å². The van der Waals surface area contributed by atoms with Crippen LogP contribution < -0.4 is 4.74 Å². The number of nitro groups is 1. The molecule has 9 nitrogen and oxygen atoms in total. The van der Waals surface area contributed by atoms with E-state index < -0.39 is 22.2 Å². The van der Waals surface area contributed by atoms with Gasteiger partial charge in [-0.2, -0.15) is 0 Å². The molecule has 0 bridgehead atoms. The van der Waals surface area contributed by atoms with Crippen LogP contribution in [0.5, 0.6) is 6.01 Å². The Labute approximate surface area is 175 Å². The minimum atomic E-state index is -0.930. The number of aromatic nitrogens is 4. The van der Waals surface area contributed by atoms with Gasteiger partial charge in [0.25, 0.3) is 0 Å². The summed E-state index contributed by atoms with van der Waals surface area (Å²) in [5, 5.41) is 10.9. The second-order valence-corrected chi connectivity index (χ2v) is 8.07. The monoisotopic (exact) mass is 428 g/mol. The Morgan fingerprint density at radius 2 is 2.13 bits per heavy atom. The summed E-state index contributed by atoms with van der Waals surface area (Å²) in [6.07, 6.45) is 3.79. The van der Waals surface area contributed by atoms with Crippen molar-refractivity contribution < 1.29 is 18.4 Å². The zero-order chi connectivity index (χ0) is 21.8. The Bertz CT molecular complexity index is 1170. The number of benzene rings is 1. The molecule has 0 saturated heterocycles. The predicted octanol–water partition coefficient (Wildman–Crippen LogP) is 2.74. The summed E-state index contributed by atoms with van der Waals surface area (Å²) in [4.78, 5) is 25.3. The molecule has 0 N–H and O–H groups in total. The number of nitrogens with zero attached hydrogens (tertiary/aromatic N) is 6. The maximum Gasteiger partial charge on any atom is 0.415 e. The third-order valence-corrected chi connectivity index (χ3v) is 5.51. The molecule has 5 rings (SSSR count). The van der Waals surface area contributed by atoms with Crippen LogP contribution in [0.1, 0.15) is 18.2 Å². The molecule has 0 radical (unpaired) electrons. The minimum absolute atomic E-state index is 0.224. The van der Waals surface area contributed by atoms with Gasteiger partial charge >= 0.3 is 11.8 Å². The van der Waals surface area contributed by atoms with Gasteiger partial charge in [0, 0.05) is 48.4 Å². The van der Waals surface area contributed by atoms with Crippen molar-refractivity contribution in [3.63, 3.8) is 0 Å². The number of ether oxygens (including phenoxy) is 1.